The minimum atomic E-state index is -6.09. The molecule has 0 atom stereocenters. The summed E-state index contributed by atoms with van der Waals surface area (Å²) < 4.78 is 63.3. The van der Waals surface area contributed by atoms with Gasteiger partial charge in [-0.1, -0.05) is 19.6 Å². The Kier molecular flexibility index (Phi) is 5.77. The number of alkyl halides is 3. The van der Waals surface area contributed by atoms with Crippen LogP contribution in [0.15, 0.2) is 18.7 Å². The Labute approximate surface area is 111 Å². The molecule has 0 bridgehead atoms. The van der Waals surface area contributed by atoms with E-state index in [2.05, 4.69) is 54.5 Å². The van der Waals surface area contributed by atoms with Crippen LogP contribution in [0.1, 0.15) is 0 Å². The molecular formula is C9H17F3N2O3SSi. The summed E-state index contributed by atoms with van der Waals surface area (Å²) in [5.74, 6) is 0. The normalized spacial score (nSPS) is 12.8. The quantitative estimate of drug-likeness (QED) is 0.357. The third-order valence-electron chi connectivity index (χ3n) is 1.76. The van der Waals surface area contributed by atoms with Gasteiger partial charge < -0.3 is 4.55 Å². The van der Waals surface area contributed by atoms with Crippen molar-refractivity contribution in [2.75, 3.05) is 0 Å². The minimum absolute atomic E-state index is 0.935. The lowest BCUT2D eigenvalue weighted by Crippen LogP contribution is -2.29. The summed E-state index contributed by atoms with van der Waals surface area (Å²) in [5, 5.41) is 0. The Balaban J connectivity index is 0.000000362. The van der Waals surface area contributed by atoms with Crippen molar-refractivity contribution in [3.8, 4) is 0 Å². The fraction of sp³-hybridized carbons (Fsp3) is 0.667. The van der Waals surface area contributed by atoms with E-state index in [1.807, 2.05) is 0 Å². The van der Waals surface area contributed by atoms with Gasteiger partial charge in [0.15, 0.2) is 10.1 Å². The molecule has 0 fully saturated rings. The number of hydrogen-bond acceptors (Lipinski definition) is 3. The predicted molar refractivity (Wildman–Crippen MR) is 64.7 cm³/mol. The van der Waals surface area contributed by atoms with Crippen molar-refractivity contribution in [2.45, 2.75) is 31.3 Å². The molecule has 0 amide bonds. The first-order chi connectivity index (χ1) is 8.22. The van der Waals surface area contributed by atoms with Gasteiger partial charge in [-0.3, -0.25) is 0 Å². The number of imidazole rings is 1. The van der Waals surface area contributed by atoms with Crippen molar-refractivity contribution in [1.29, 1.82) is 0 Å². The average Bonchev–Trinajstić information content (AvgIpc) is 2.45. The van der Waals surface area contributed by atoms with Crippen molar-refractivity contribution in [1.82, 2.24) is 4.57 Å². The van der Waals surface area contributed by atoms with Gasteiger partial charge in [0.05, 0.1) is 21.3 Å². The largest absolute Gasteiger partial charge is 0.741 e. The molecule has 112 valence electrons. The van der Waals surface area contributed by atoms with Gasteiger partial charge in [0.2, 0.25) is 6.33 Å². The topological polar surface area (TPSA) is 66.0 Å². The van der Waals surface area contributed by atoms with Crippen LogP contribution in [0, 0.1) is 0 Å². The van der Waals surface area contributed by atoms with E-state index in [9.17, 15) is 13.2 Å². The molecule has 0 saturated heterocycles. The molecule has 10 heteroatoms. The first kappa shape index (κ1) is 18.1. The van der Waals surface area contributed by atoms with Crippen molar-refractivity contribution >= 4 is 18.2 Å². The minimum Gasteiger partial charge on any atom is -0.741 e. The molecule has 1 heterocycles. The summed E-state index contributed by atoms with van der Waals surface area (Å²) in [6.45, 7) is 7.15. The Morgan fingerprint density at radius 1 is 1.32 bits per heavy atom. The maximum absolute atomic E-state index is 10.7. The van der Waals surface area contributed by atoms with Crippen LogP contribution in [-0.2, 0) is 23.3 Å². The summed E-state index contributed by atoms with van der Waals surface area (Å²) in [6, 6.07) is 0. The maximum atomic E-state index is 10.7. The highest BCUT2D eigenvalue weighted by Crippen LogP contribution is 2.20. The Morgan fingerprint density at radius 2 is 1.74 bits per heavy atom. The highest BCUT2D eigenvalue weighted by molar-refractivity contribution is 7.86. The third kappa shape index (κ3) is 8.00. The third-order valence-corrected chi connectivity index (χ3v) is 3.64. The summed E-state index contributed by atoms with van der Waals surface area (Å²) in [6.07, 6.45) is 7.57. The van der Waals surface area contributed by atoms with Gasteiger partial charge >= 0.3 is 5.51 Å². The molecular weight excluding hydrogens is 301 g/mol. The SMILES string of the molecule is C[n+]1ccn(C[Si](C)(C)C)c1.O=S(=O)([O-])C(F)(F)F. The van der Waals surface area contributed by atoms with Crippen molar-refractivity contribution in [3.63, 3.8) is 0 Å². The number of hydrogen-bond donors (Lipinski definition) is 0. The molecule has 0 spiro atoms. The molecule has 0 unspecified atom stereocenters. The van der Waals surface area contributed by atoms with Crippen molar-refractivity contribution in [2.24, 2.45) is 7.05 Å². The standard InChI is InChI=1S/C8H17N2Si.CHF3O3S/c1-9-5-6-10(7-9)8-11(2,3)4;2-1(3,4)8(5,6)7/h5-7H,8H2,1-4H3;(H,5,6,7)/q+1;/p-1. The van der Waals surface area contributed by atoms with Gasteiger partial charge in [0, 0.05) is 0 Å². The van der Waals surface area contributed by atoms with Crippen molar-refractivity contribution < 1.29 is 30.7 Å². The summed E-state index contributed by atoms with van der Waals surface area (Å²) in [4.78, 5) is 0. The van der Waals surface area contributed by atoms with Gasteiger partial charge in [-0.05, 0) is 0 Å². The molecule has 0 aromatic carbocycles. The number of nitrogens with zero attached hydrogens (tertiary/aromatic N) is 2. The van der Waals surface area contributed by atoms with Crippen LogP contribution in [0.4, 0.5) is 13.2 Å². The zero-order valence-electron chi connectivity index (χ0n) is 11.1. The number of halogens is 3. The van der Waals surface area contributed by atoms with Crippen LogP contribution in [0.3, 0.4) is 0 Å². The van der Waals surface area contributed by atoms with Crippen LogP contribution in [-0.4, -0.2) is 31.1 Å². The highest BCUT2D eigenvalue weighted by atomic mass is 32.2. The van der Waals surface area contributed by atoms with Crippen molar-refractivity contribution in [3.05, 3.63) is 18.7 Å². The lowest BCUT2D eigenvalue weighted by atomic mass is 10.9. The van der Waals surface area contributed by atoms with Gasteiger partial charge in [-0.15, -0.1) is 0 Å². The lowest BCUT2D eigenvalue weighted by Gasteiger charge is -2.11. The molecule has 0 aliphatic rings. The second-order valence-corrected chi connectivity index (χ2v) is 12.0. The average molecular weight is 318 g/mol. The van der Waals surface area contributed by atoms with Crippen LogP contribution >= 0.6 is 0 Å². The van der Waals surface area contributed by atoms with Crippen LogP contribution in [0.2, 0.25) is 19.6 Å². The van der Waals surface area contributed by atoms with Crippen LogP contribution in [0.25, 0.3) is 0 Å². The van der Waals surface area contributed by atoms with E-state index in [4.69, 9.17) is 13.0 Å². The van der Waals surface area contributed by atoms with E-state index < -0.39 is 23.7 Å². The lowest BCUT2D eigenvalue weighted by molar-refractivity contribution is -0.671. The molecule has 1 rings (SSSR count). The van der Waals surface area contributed by atoms with E-state index in [0.717, 1.165) is 0 Å². The van der Waals surface area contributed by atoms with Gasteiger partial charge in [-0.25, -0.2) is 17.6 Å². The molecule has 5 nitrogen and oxygen atoms in total. The van der Waals surface area contributed by atoms with E-state index in [-0.39, 0.29) is 0 Å². The molecule has 0 N–H and O–H groups in total. The van der Waals surface area contributed by atoms with Gasteiger partial charge in [-0.2, -0.15) is 13.2 Å². The van der Waals surface area contributed by atoms with Gasteiger partial charge in [0.25, 0.3) is 0 Å². The van der Waals surface area contributed by atoms with Crippen LogP contribution < -0.4 is 4.57 Å². The number of aromatic nitrogens is 2. The molecule has 1 aromatic rings. The fourth-order valence-electron chi connectivity index (χ4n) is 1.14. The fourth-order valence-corrected chi connectivity index (χ4v) is 2.43. The number of aryl methyl sites for hydroxylation is 1. The highest BCUT2D eigenvalue weighted by Gasteiger charge is 2.36. The van der Waals surface area contributed by atoms with Crippen LogP contribution in [0.5, 0.6) is 0 Å². The van der Waals surface area contributed by atoms with E-state index in [1.54, 1.807) is 0 Å². The molecule has 0 aliphatic carbocycles. The Morgan fingerprint density at radius 3 is 1.95 bits per heavy atom. The second kappa shape index (κ2) is 6.05. The van der Waals surface area contributed by atoms with Gasteiger partial charge in [0.1, 0.15) is 12.4 Å². The predicted octanol–water partition coefficient (Wildman–Crippen LogP) is 1.24. The zero-order valence-corrected chi connectivity index (χ0v) is 12.9. The monoisotopic (exact) mass is 318 g/mol. The maximum Gasteiger partial charge on any atom is 0.485 e. The summed E-state index contributed by atoms with van der Waals surface area (Å²) in [7, 11) is -4.97. The smallest absolute Gasteiger partial charge is 0.485 e. The van der Waals surface area contributed by atoms with E-state index >= 15 is 0 Å². The summed E-state index contributed by atoms with van der Waals surface area (Å²) >= 11 is 0. The first-order valence-electron chi connectivity index (χ1n) is 5.25. The number of rotatable bonds is 2. The molecule has 1 aromatic heterocycles. The Hall–Kier alpha value is -0.873. The zero-order chi connectivity index (χ0) is 15.5. The molecule has 19 heavy (non-hydrogen) atoms. The Bertz CT molecular complexity index is 506. The second-order valence-electron chi connectivity index (χ2n) is 5.21. The first-order valence-corrected chi connectivity index (χ1v) is 10.4. The molecule has 0 radical (unpaired) electrons. The molecule has 0 saturated carbocycles. The van der Waals surface area contributed by atoms with E-state index in [1.165, 1.54) is 6.17 Å². The summed E-state index contributed by atoms with van der Waals surface area (Å²) in [5.41, 5.74) is -5.65. The van der Waals surface area contributed by atoms with E-state index in [0.29, 0.717) is 0 Å². The molecule has 0 aliphatic heterocycles.